The van der Waals surface area contributed by atoms with Crippen LogP contribution in [0.1, 0.15) is 12.0 Å². The highest BCUT2D eigenvalue weighted by Crippen LogP contribution is 2.27. The van der Waals surface area contributed by atoms with Crippen molar-refractivity contribution in [1.29, 1.82) is 0 Å². The summed E-state index contributed by atoms with van der Waals surface area (Å²) in [6.07, 6.45) is 3.44. The Balaban J connectivity index is 2.07. The first-order valence-corrected chi connectivity index (χ1v) is 5.46. The van der Waals surface area contributed by atoms with Gasteiger partial charge in [-0.15, -0.1) is 0 Å². The van der Waals surface area contributed by atoms with E-state index in [1.54, 1.807) is 4.90 Å². The smallest absolute Gasteiger partial charge is 0.307 e. The Bertz CT molecular complexity index is 479. The third-order valence-electron chi connectivity index (χ3n) is 2.71. The highest BCUT2D eigenvalue weighted by Gasteiger charge is 2.22. The summed E-state index contributed by atoms with van der Waals surface area (Å²) in [5.74, 6) is -1.09. The lowest BCUT2D eigenvalue weighted by atomic mass is 10.2. The van der Waals surface area contributed by atoms with E-state index in [-0.39, 0.29) is 12.3 Å². The van der Waals surface area contributed by atoms with E-state index >= 15 is 0 Å². The van der Waals surface area contributed by atoms with Gasteiger partial charge in [0.15, 0.2) is 0 Å². The molecule has 1 heterocycles. The minimum absolute atomic E-state index is 0.124. The first-order valence-electron chi connectivity index (χ1n) is 5.46. The molecule has 0 saturated carbocycles. The molecule has 0 aromatic heterocycles. The van der Waals surface area contributed by atoms with Crippen molar-refractivity contribution >= 4 is 17.6 Å². The molecule has 0 aliphatic carbocycles. The van der Waals surface area contributed by atoms with Gasteiger partial charge in [-0.2, -0.15) is 0 Å². The molecule has 0 unspecified atom stereocenters. The summed E-state index contributed by atoms with van der Waals surface area (Å²) in [6, 6.07) is 7.76. The zero-order valence-corrected chi connectivity index (χ0v) is 9.30. The molecule has 88 valence electrons. The minimum Gasteiger partial charge on any atom is -0.481 e. The van der Waals surface area contributed by atoms with Crippen LogP contribution < -0.4 is 4.90 Å². The van der Waals surface area contributed by atoms with Crippen molar-refractivity contribution in [3.8, 4) is 0 Å². The van der Waals surface area contributed by atoms with E-state index < -0.39 is 5.97 Å². The minimum atomic E-state index is -0.934. The van der Waals surface area contributed by atoms with Gasteiger partial charge in [0.25, 0.3) is 5.91 Å². The molecule has 1 aromatic rings. The summed E-state index contributed by atoms with van der Waals surface area (Å²) in [6.45, 7) is 0.662. The van der Waals surface area contributed by atoms with Gasteiger partial charge in [0.05, 0.1) is 6.42 Å². The number of amides is 1. The number of carbonyl (C=O) groups excluding carboxylic acids is 1. The van der Waals surface area contributed by atoms with E-state index in [1.807, 2.05) is 24.3 Å². The molecule has 0 radical (unpaired) electrons. The molecular formula is C13H13NO3. The van der Waals surface area contributed by atoms with Gasteiger partial charge in [-0.05, 0) is 18.1 Å². The molecule has 4 nitrogen and oxygen atoms in total. The quantitative estimate of drug-likeness (QED) is 0.804. The lowest BCUT2D eigenvalue weighted by Crippen LogP contribution is -2.26. The van der Waals surface area contributed by atoms with Gasteiger partial charge < -0.3 is 10.0 Å². The highest BCUT2D eigenvalue weighted by atomic mass is 16.4. The first kappa shape index (κ1) is 11.4. The maximum absolute atomic E-state index is 11.8. The molecule has 0 saturated heterocycles. The van der Waals surface area contributed by atoms with Crippen LogP contribution >= 0.6 is 0 Å². The van der Waals surface area contributed by atoms with E-state index in [0.717, 1.165) is 17.7 Å². The third-order valence-corrected chi connectivity index (χ3v) is 2.71. The molecular weight excluding hydrogens is 218 g/mol. The molecule has 1 amide bonds. The highest BCUT2D eigenvalue weighted by molar-refractivity contribution is 6.03. The third kappa shape index (κ3) is 2.53. The van der Waals surface area contributed by atoms with Gasteiger partial charge in [0.2, 0.25) is 0 Å². The van der Waals surface area contributed by atoms with Gasteiger partial charge in [-0.1, -0.05) is 24.3 Å². The molecule has 17 heavy (non-hydrogen) atoms. The average molecular weight is 231 g/mol. The number of aliphatic carboxylic acids is 1. The summed E-state index contributed by atoms with van der Waals surface area (Å²) in [5, 5.41) is 8.47. The SMILES string of the molecule is O=C(O)C/C=C/C(=O)N1CCc2ccccc21. The number of hydrogen-bond donors (Lipinski definition) is 1. The lowest BCUT2D eigenvalue weighted by molar-refractivity contribution is -0.135. The van der Waals surface area contributed by atoms with Crippen LogP contribution in [0.2, 0.25) is 0 Å². The number of para-hydroxylation sites is 1. The van der Waals surface area contributed by atoms with Crippen LogP contribution in [0.15, 0.2) is 36.4 Å². The van der Waals surface area contributed by atoms with Gasteiger partial charge in [0, 0.05) is 18.3 Å². The van der Waals surface area contributed by atoms with Crippen LogP contribution in [0, 0.1) is 0 Å². The molecule has 0 bridgehead atoms. The van der Waals surface area contributed by atoms with Gasteiger partial charge in [-0.3, -0.25) is 9.59 Å². The van der Waals surface area contributed by atoms with E-state index in [4.69, 9.17) is 5.11 Å². The normalized spacial score (nSPS) is 14.0. The number of nitrogens with zero attached hydrogens (tertiary/aromatic N) is 1. The summed E-state index contributed by atoms with van der Waals surface area (Å²) in [5.41, 5.74) is 2.09. The summed E-state index contributed by atoms with van der Waals surface area (Å²) in [7, 11) is 0. The van der Waals surface area contributed by atoms with E-state index in [0.29, 0.717) is 6.54 Å². The van der Waals surface area contributed by atoms with E-state index in [1.165, 1.54) is 12.2 Å². The predicted molar refractivity (Wildman–Crippen MR) is 63.9 cm³/mol. The fourth-order valence-corrected chi connectivity index (χ4v) is 1.92. The average Bonchev–Trinajstić information content (AvgIpc) is 2.72. The van der Waals surface area contributed by atoms with Gasteiger partial charge in [-0.25, -0.2) is 0 Å². The number of hydrogen-bond acceptors (Lipinski definition) is 2. The molecule has 4 heteroatoms. The Morgan fingerprint density at radius 2 is 2.12 bits per heavy atom. The maximum Gasteiger partial charge on any atom is 0.307 e. The maximum atomic E-state index is 11.8. The van der Waals surface area contributed by atoms with Crippen LogP contribution in [0.4, 0.5) is 5.69 Å². The van der Waals surface area contributed by atoms with Gasteiger partial charge >= 0.3 is 5.97 Å². The van der Waals surface area contributed by atoms with Crippen molar-refractivity contribution in [2.75, 3.05) is 11.4 Å². The molecule has 1 aliphatic heterocycles. The Hall–Kier alpha value is -2.10. The molecule has 0 spiro atoms. The summed E-state index contributed by atoms with van der Waals surface area (Å²) in [4.78, 5) is 23.8. The zero-order chi connectivity index (χ0) is 12.3. The Morgan fingerprint density at radius 3 is 2.88 bits per heavy atom. The largest absolute Gasteiger partial charge is 0.481 e. The number of carbonyl (C=O) groups is 2. The van der Waals surface area contributed by atoms with Gasteiger partial charge in [0.1, 0.15) is 0 Å². The first-order chi connectivity index (χ1) is 8.18. The second-order valence-electron chi connectivity index (χ2n) is 3.87. The van der Waals surface area contributed by atoms with Crippen molar-refractivity contribution < 1.29 is 14.7 Å². The number of fused-ring (bicyclic) bond motifs is 1. The standard InChI is InChI=1S/C13H13NO3/c15-12(6-3-7-13(16)17)14-9-8-10-4-1-2-5-11(10)14/h1-6H,7-9H2,(H,16,17)/b6-3+. The molecule has 1 aliphatic rings. The second kappa shape index (κ2) is 4.82. The Morgan fingerprint density at radius 1 is 1.35 bits per heavy atom. The second-order valence-corrected chi connectivity index (χ2v) is 3.87. The monoisotopic (exact) mass is 231 g/mol. The lowest BCUT2D eigenvalue weighted by Gasteiger charge is -2.14. The molecule has 2 rings (SSSR count). The molecule has 0 atom stereocenters. The zero-order valence-electron chi connectivity index (χ0n) is 9.30. The van der Waals surface area contributed by atoms with E-state index in [2.05, 4.69) is 0 Å². The number of benzene rings is 1. The number of carboxylic acids is 1. The fraction of sp³-hybridized carbons (Fsp3) is 0.231. The fourth-order valence-electron chi connectivity index (χ4n) is 1.92. The van der Waals surface area contributed by atoms with Crippen LogP contribution in [0.5, 0.6) is 0 Å². The Labute approximate surface area is 99.2 Å². The summed E-state index contributed by atoms with van der Waals surface area (Å²) < 4.78 is 0. The topological polar surface area (TPSA) is 57.6 Å². The van der Waals surface area contributed by atoms with E-state index in [9.17, 15) is 9.59 Å². The van der Waals surface area contributed by atoms with Crippen molar-refractivity contribution in [3.63, 3.8) is 0 Å². The molecule has 0 fully saturated rings. The number of rotatable bonds is 3. The molecule has 1 aromatic carbocycles. The Kier molecular flexibility index (Phi) is 3.23. The number of anilines is 1. The number of carboxylic acid groups (broad SMARTS) is 1. The van der Waals surface area contributed by atoms with Crippen molar-refractivity contribution in [1.82, 2.24) is 0 Å². The van der Waals surface area contributed by atoms with Crippen LogP contribution in [0.3, 0.4) is 0 Å². The van der Waals surface area contributed by atoms with Crippen LogP contribution in [-0.4, -0.2) is 23.5 Å². The van der Waals surface area contributed by atoms with Crippen molar-refractivity contribution in [3.05, 3.63) is 42.0 Å². The van der Waals surface area contributed by atoms with Crippen molar-refractivity contribution in [2.24, 2.45) is 0 Å². The summed E-state index contributed by atoms with van der Waals surface area (Å²) >= 11 is 0. The van der Waals surface area contributed by atoms with Crippen LogP contribution in [-0.2, 0) is 16.0 Å². The van der Waals surface area contributed by atoms with Crippen molar-refractivity contribution in [2.45, 2.75) is 12.8 Å². The predicted octanol–water partition coefficient (Wildman–Crippen LogP) is 1.61. The van der Waals surface area contributed by atoms with Crippen LogP contribution in [0.25, 0.3) is 0 Å². The molecule has 1 N–H and O–H groups in total.